The highest BCUT2D eigenvalue weighted by Crippen LogP contribution is 2.22. The van der Waals surface area contributed by atoms with Gasteiger partial charge in [0.2, 0.25) is 0 Å². The predicted molar refractivity (Wildman–Crippen MR) is 269 cm³/mol. The first kappa shape index (κ1) is 46.3. The lowest BCUT2D eigenvalue weighted by Gasteiger charge is -2.08. The van der Waals surface area contributed by atoms with Crippen LogP contribution in [0.15, 0.2) is 109 Å². The van der Waals surface area contributed by atoms with Gasteiger partial charge in [0.05, 0.1) is 22.9 Å². The fourth-order valence-corrected chi connectivity index (χ4v) is 8.04. The van der Waals surface area contributed by atoms with E-state index in [-0.39, 0.29) is 0 Å². The lowest BCUT2D eigenvalue weighted by atomic mass is 10.0. The van der Waals surface area contributed by atoms with Gasteiger partial charge in [-0.1, -0.05) is 200 Å². The molecule has 6 aromatic rings. The van der Waals surface area contributed by atoms with Crippen molar-refractivity contribution in [3.63, 3.8) is 0 Å². The number of aromatic nitrogens is 2. The molecule has 5 heteroatoms. The van der Waals surface area contributed by atoms with E-state index in [2.05, 4.69) is 117 Å². The van der Waals surface area contributed by atoms with E-state index in [1.54, 1.807) is 0 Å². The number of hydrogen-bond donors (Lipinski definition) is 2. The second-order valence-electron chi connectivity index (χ2n) is 16.1. The zero-order valence-electron chi connectivity index (χ0n) is 37.4. The Morgan fingerprint density at radius 3 is 0.984 bits per heavy atom. The van der Waals surface area contributed by atoms with Crippen molar-refractivity contribution < 1.29 is 0 Å². The summed E-state index contributed by atoms with van der Waals surface area (Å²) in [4.78, 5) is 0. The molecule has 0 aliphatic heterocycles. The molecule has 2 N–H and O–H groups in total. The Morgan fingerprint density at radius 2 is 0.619 bits per heavy atom. The van der Waals surface area contributed by atoms with Crippen LogP contribution < -0.4 is 10.6 Å². The maximum Gasteiger partial charge on any atom is 0.121 e. The molecule has 1 heterocycles. The highest BCUT2D eigenvalue weighted by atomic mass is 32.1. The number of fused-ring (bicyclic) bond motifs is 1. The number of benzene rings is 5. The first-order valence-corrected chi connectivity index (χ1v) is 24.1. The van der Waals surface area contributed by atoms with Crippen LogP contribution >= 0.6 is 11.7 Å². The quantitative estimate of drug-likeness (QED) is 0.0594. The summed E-state index contributed by atoms with van der Waals surface area (Å²) in [6.07, 6.45) is 20.9. The van der Waals surface area contributed by atoms with E-state index in [0.29, 0.717) is 0 Å². The van der Waals surface area contributed by atoms with Crippen LogP contribution in [0, 0.1) is 47.4 Å². The zero-order chi connectivity index (χ0) is 43.6. The Kier molecular flexibility index (Phi) is 19.8. The number of nitrogens with one attached hydrogen (secondary N) is 2. The van der Waals surface area contributed by atoms with Crippen molar-refractivity contribution in [2.24, 2.45) is 0 Å². The molecule has 320 valence electrons. The Morgan fingerprint density at radius 1 is 0.333 bits per heavy atom. The molecule has 0 fully saturated rings. The third kappa shape index (κ3) is 15.3. The molecular formula is C58H62N4S. The smallest absolute Gasteiger partial charge is 0.121 e. The number of hydrogen-bond acceptors (Lipinski definition) is 5. The van der Waals surface area contributed by atoms with Crippen LogP contribution in [-0.4, -0.2) is 21.8 Å². The first-order chi connectivity index (χ1) is 31.2. The van der Waals surface area contributed by atoms with Gasteiger partial charge in [0.1, 0.15) is 11.0 Å². The summed E-state index contributed by atoms with van der Waals surface area (Å²) in [7, 11) is 0. The second-order valence-corrected chi connectivity index (χ2v) is 16.6. The topological polar surface area (TPSA) is 49.8 Å². The van der Waals surface area contributed by atoms with Crippen molar-refractivity contribution in [1.82, 2.24) is 8.75 Å². The van der Waals surface area contributed by atoms with Crippen LogP contribution in [0.3, 0.4) is 0 Å². The lowest BCUT2D eigenvalue weighted by molar-refractivity contribution is 0.581. The summed E-state index contributed by atoms with van der Waals surface area (Å²) >= 11 is 1.18. The van der Waals surface area contributed by atoms with Crippen molar-refractivity contribution in [3.05, 3.63) is 154 Å². The second kappa shape index (κ2) is 27.0. The molecule has 1 aromatic heterocycles. The fourth-order valence-electron chi connectivity index (χ4n) is 7.47. The highest BCUT2D eigenvalue weighted by molar-refractivity contribution is 7.00. The van der Waals surface area contributed by atoms with E-state index < -0.39 is 0 Å². The average Bonchev–Trinajstić information content (AvgIpc) is 3.83. The van der Waals surface area contributed by atoms with E-state index in [1.165, 1.54) is 114 Å². The predicted octanol–water partition coefficient (Wildman–Crippen LogP) is 14.4. The van der Waals surface area contributed by atoms with Gasteiger partial charge in [-0.15, -0.1) is 0 Å². The fraction of sp³-hybridized carbons (Fsp3) is 0.345. The first-order valence-electron chi connectivity index (χ1n) is 23.4. The molecule has 0 spiro atoms. The Balaban J connectivity index is 1.10. The molecule has 0 bridgehead atoms. The molecule has 0 saturated carbocycles. The Labute approximate surface area is 382 Å². The van der Waals surface area contributed by atoms with Crippen LogP contribution in [-0.2, 0) is 0 Å². The van der Waals surface area contributed by atoms with E-state index in [0.717, 1.165) is 80.0 Å². The molecular weight excluding hydrogens is 785 g/mol. The number of anilines is 2. The molecule has 6 rings (SSSR count). The van der Waals surface area contributed by atoms with Crippen molar-refractivity contribution in [1.29, 1.82) is 0 Å². The van der Waals surface area contributed by atoms with Crippen LogP contribution in [0.1, 0.15) is 161 Å². The Bertz CT molecular complexity index is 2430. The normalized spacial score (nSPS) is 10.4. The summed E-state index contributed by atoms with van der Waals surface area (Å²) in [6.45, 7) is 6.45. The monoisotopic (exact) mass is 846 g/mol. The lowest BCUT2D eigenvalue weighted by Crippen LogP contribution is -2.03. The van der Waals surface area contributed by atoms with Crippen molar-refractivity contribution >= 4 is 34.1 Å². The van der Waals surface area contributed by atoms with Crippen molar-refractivity contribution in [2.75, 3.05) is 23.7 Å². The number of nitrogens with zero attached hydrogens (tertiary/aromatic N) is 2. The molecule has 0 aliphatic carbocycles. The maximum absolute atomic E-state index is 4.65. The standard InChI is InChI=1S/C58H62N4S/c1-3-5-7-9-11-13-15-25-45-59-55-33-23-21-31-51(55)39-35-47-27-17-19-29-49(47)37-41-53-43-44-54(58-57(53)61-63-62-58)42-38-50-30-20-18-28-48(50)36-40-52-32-22-24-34-56(52)60-46-26-16-14-12-10-8-6-4-2/h17-24,27-34,43-44,59-60H,3-16,25-26,45-46H2,1-2H3. The van der Waals surface area contributed by atoms with Gasteiger partial charge < -0.3 is 10.6 Å². The van der Waals surface area contributed by atoms with Gasteiger partial charge in [0, 0.05) is 57.8 Å². The van der Waals surface area contributed by atoms with Gasteiger partial charge in [-0.25, -0.2) is 0 Å². The van der Waals surface area contributed by atoms with Crippen molar-refractivity contribution in [3.8, 4) is 47.4 Å². The SMILES string of the molecule is CCCCCCCCCCNc1ccccc1C#Cc1ccccc1C#Cc1ccc(C#Cc2ccccc2C#Cc2ccccc2NCCCCCCCCCC)c2nsnc12. The molecule has 0 unspecified atom stereocenters. The average molecular weight is 847 g/mol. The molecule has 0 aliphatic rings. The van der Waals surface area contributed by atoms with Gasteiger partial charge >= 0.3 is 0 Å². The number of unbranched alkanes of at least 4 members (excludes halogenated alkanes) is 14. The largest absolute Gasteiger partial charge is 0.384 e. The van der Waals surface area contributed by atoms with E-state index >= 15 is 0 Å². The minimum absolute atomic E-state index is 0.753. The molecule has 0 radical (unpaired) electrons. The van der Waals surface area contributed by atoms with Crippen molar-refractivity contribution in [2.45, 2.75) is 117 Å². The van der Waals surface area contributed by atoms with Gasteiger partial charge in [-0.05, 0) is 73.5 Å². The van der Waals surface area contributed by atoms with Gasteiger partial charge in [-0.3, -0.25) is 0 Å². The molecule has 63 heavy (non-hydrogen) atoms. The minimum atomic E-state index is 0.753. The van der Waals surface area contributed by atoms with Crippen LogP contribution in [0.2, 0.25) is 0 Å². The van der Waals surface area contributed by atoms with E-state index in [1.807, 2.05) is 72.8 Å². The van der Waals surface area contributed by atoms with Crippen LogP contribution in [0.5, 0.6) is 0 Å². The van der Waals surface area contributed by atoms with Crippen LogP contribution in [0.25, 0.3) is 11.0 Å². The highest BCUT2D eigenvalue weighted by Gasteiger charge is 2.09. The maximum atomic E-state index is 4.65. The molecule has 0 amide bonds. The summed E-state index contributed by atoms with van der Waals surface area (Å²) in [5, 5.41) is 7.26. The summed E-state index contributed by atoms with van der Waals surface area (Å²) in [5.41, 5.74) is 10.8. The molecule has 4 nitrogen and oxygen atoms in total. The third-order valence-corrected chi connectivity index (χ3v) is 11.7. The summed E-state index contributed by atoms with van der Waals surface area (Å²) in [6, 6.07) is 36.7. The van der Waals surface area contributed by atoms with Gasteiger partial charge in [0.25, 0.3) is 0 Å². The van der Waals surface area contributed by atoms with Gasteiger partial charge in [0.15, 0.2) is 0 Å². The van der Waals surface area contributed by atoms with E-state index in [9.17, 15) is 0 Å². The van der Waals surface area contributed by atoms with E-state index in [4.69, 9.17) is 0 Å². The number of para-hydroxylation sites is 2. The Hall–Kier alpha value is -6.24. The molecule has 5 aromatic carbocycles. The van der Waals surface area contributed by atoms with Crippen LogP contribution in [0.4, 0.5) is 11.4 Å². The summed E-state index contributed by atoms with van der Waals surface area (Å²) < 4.78 is 9.29. The molecule has 0 atom stereocenters. The third-order valence-electron chi connectivity index (χ3n) is 11.1. The molecule has 0 saturated heterocycles. The minimum Gasteiger partial charge on any atom is -0.384 e. The van der Waals surface area contributed by atoms with Gasteiger partial charge in [-0.2, -0.15) is 8.75 Å². The summed E-state index contributed by atoms with van der Waals surface area (Å²) in [5.74, 6) is 27.2. The number of rotatable bonds is 20. The zero-order valence-corrected chi connectivity index (χ0v) is 38.2.